The molecule has 1 aliphatic heterocycles. The highest BCUT2D eigenvalue weighted by molar-refractivity contribution is 5.77. The maximum atomic E-state index is 11.8. The van der Waals surface area contributed by atoms with Crippen molar-refractivity contribution in [2.45, 2.75) is 44.8 Å². The molecule has 1 aliphatic rings. The predicted molar refractivity (Wildman–Crippen MR) is 77.8 cm³/mol. The third-order valence-corrected chi connectivity index (χ3v) is 4.10. The quantitative estimate of drug-likeness (QED) is 0.900. The first-order valence-electron chi connectivity index (χ1n) is 7.20. The second-order valence-corrected chi connectivity index (χ2v) is 5.29. The van der Waals surface area contributed by atoms with Crippen LogP contribution in [-0.4, -0.2) is 25.2 Å². The molecule has 0 radical (unpaired) electrons. The Kier molecular flexibility index (Phi) is 4.65. The van der Waals surface area contributed by atoms with E-state index in [0.29, 0.717) is 0 Å². The normalized spacial score (nSPS) is 19.9. The Bertz CT molecular complexity index is 469. The minimum Gasteiger partial charge on any atom is -0.487 e. The number of nitrogens with one attached hydrogen (secondary N) is 1. The van der Waals surface area contributed by atoms with Gasteiger partial charge in [-0.25, -0.2) is 0 Å². The largest absolute Gasteiger partial charge is 0.487 e. The molecule has 1 amide bonds. The van der Waals surface area contributed by atoms with Crippen molar-refractivity contribution < 1.29 is 14.3 Å². The number of methoxy groups -OCH3 is 1. The number of carbonyl (C=O) groups is 1. The van der Waals surface area contributed by atoms with E-state index in [2.05, 4.69) is 19.2 Å². The van der Waals surface area contributed by atoms with Gasteiger partial charge in [0.2, 0.25) is 5.91 Å². The molecule has 0 spiro atoms. The molecule has 20 heavy (non-hydrogen) atoms. The number of fused-ring (bicyclic) bond motifs is 1. The molecule has 1 atom stereocenters. The SMILES string of the molecule is CCC1(CC)CC(NC(=O)COC)c2ccccc2O1. The van der Waals surface area contributed by atoms with Crippen molar-refractivity contribution >= 4 is 5.91 Å². The number of hydrogen-bond donors (Lipinski definition) is 1. The Balaban J connectivity index is 2.27. The van der Waals surface area contributed by atoms with Crippen LogP contribution in [0.15, 0.2) is 24.3 Å². The first kappa shape index (κ1) is 14.9. The Morgan fingerprint density at radius 2 is 2.10 bits per heavy atom. The number of rotatable bonds is 5. The van der Waals surface area contributed by atoms with Crippen LogP contribution < -0.4 is 10.1 Å². The van der Waals surface area contributed by atoms with Crippen molar-refractivity contribution in [1.29, 1.82) is 0 Å². The van der Waals surface area contributed by atoms with E-state index in [4.69, 9.17) is 9.47 Å². The van der Waals surface area contributed by atoms with Crippen molar-refractivity contribution in [3.8, 4) is 5.75 Å². The number of ether oxygens (including phenoxy) is 2. The van der Waals surface area contributed by atoms with Gasteiger partial charge in [-0.1, -0.05) is 32.0 Å². The van der Waals surface area contributed by atoms with Crippen molar-refractivity contribution in [3.05, 3.63) is 29.8 Å². The molecule has 0 aromatic heterocycles. The van der Waals surface area contributed by atoms with Crippen LogP contribution >= 0.6 is 0 Å². The molecule has 1 aromatic rings. The Morgan fingerprint density at radius 1 is 1.40 bits per heavy atom. The smallest absolute Gasteiger partial charge is 0.246 e. The van der Waals surface area contributed by atoms with Gasteiger partial charge < -0.3 is 14.8 Å². The summed E-state index contributed by atoms with van der Waals surface area (Å²) in [6, 6.07) is 7.92. The summed E-state index contributed by atoms with van der Waals surface area (Å²) in [7, 11) is 1.53. The molecule has 0 fully saturated rings. The van der Waals surface area contributed by atoms with Gasteiger partial charge in [0.1, 0.15) is 18.0 Å². The molecule has 4 heteroatoms. The lowest BCUT2D eigenvalue weighted by Gasteiger charge is -2.41. The molecule has 0 bridgehead atoms. The molecular formula is C16H23NO3. The maximum absolute atomic E-state index is 11.8. The number of benzene rings is 1. The van der Waals surface area contributed by atoms with Crippen LogP contribution in [0.4, 0.5) is 0 Å². The van der Waals surface area contributed by atoms with Crippen LogP contribution in [0.1, 0.15) is 44.7 Å². The summed E-state index contributed by atoms with van der Waals surface area (Å²) in [6.45, 7) is 4.35. The van der Waals surface area contributed by atoms with E-state index in [0.717, 1.165) is 30.6 Å². The zero-order chi connectivity index (χ0) is 14.6. The first-order chi connectivity index (χ1) is 9.64. The van der Waals surface area contributed by atoms with Crippen molar-refractivity contribution in [3.63, 3.8) is 0 Å². The van der Waals surface area contributed by atoms with Gasteiger partial charge in [0, 0.05) is 19.1 Å². The van der Waals surface area contributed by atoms with Gasteiger partial charge in [-0.2, -0.15) is 0 Å². The van der Waals surface area contributed by atoms with Crippen LogP contribution in [0, 0.1) is 0 Å². The highest BCUT2D eigenvalue weighted by Gasteiger charge is 2.38. The fourth-order valence-corrected chi connectivity index (χ4v) is 2.80. The van der Waals surface area contributed by atoms with E-state index in [1.54, 1.807) is 0 Å². The van der Waals surface area contributed by atoms with Crippen LogP contribution in [0.5, 0.6) is 5.75 Å². The van der Waals surface area contributed by atoms with Crippen molar-refractivity contribution in [2.75, 3.05) is 13.7 Å². The fraction of sp³-hybridized carbons (Fsp3) is 0.562. The molecule has 0 saturated heterocycles. The summed E-state index contributed by atoms with van der Waals surface area (Å²) >= 11 is 0. The number of hydrogen-bond acceptors (Lipinski definition) is 3. The summed E-state index contributed by atoms with van der Waals surface area (Å²) in [5.41, 5.74) is 0.855. The molecule has 0 aliphatic carbocycles. The number of amides is 1. The third-order valence-electron chi connectivity index (χ3n) is 4.10. The van der Waals surface area contributed by atoms with Crippen molar-refractivity contribution in [2.24, 2.45) is 0 Å². The summed E-state index contributed by atoms with van der Waals surface area (Å²) in [6.07, 6.45) is 2.65. The zero-order valence-corrected chi connectivity index (χ0v) is 12.4. The van der Waals surface area contributed by atoms with Gasteiger partial charge >= 0.3 is 0 Å². The van der Waals surface area contributed by atoms with Gasteiger partial charge in [-0.05, 0) is 18.9 Å². The van der Waals surface area contributed by atoms with Crippen molar-refractivity contribution in [1.82, 2.24) is 5.32 Å². The lowest BCUT2D eigenvalue weighted by molar-refractivity contribution is -0.126. The van der Waals surface area contributed by atoms with Gasteiger partial charge in [0.25, 0.3) is 0 Å². The molecule has 4 nitrogen and oxygen atoms in total. The average Bonchev–Trinajstić information content (AvgIpc) is 2.47. The highest BCUT2D eigenvalue weighted by atomic mass is 16.5. The molecular weight excluding hydrogens is 254 g/mol. The van der Waals surface area contributed by atoms with E-state index < -0.39 is 0 Å². The summed E-state index contributed by atoms with van der Waals surface area (Å²) in [5, 5.41) is 3.06. The summed E-state index contributed by atoms with van der Waals surface area (Å²) in [5.74, 6) is 0.792. The van der Waals surface area contributed by atoms with E-state index in [-0.39, 0.29) is 24.2 Å². The topological polar surface area (TPSA) is 47.6 Å². The third kappa shape index (κ3) is 2.96. The van der Waals surface area contributed by atoms with E-state index in [1.807, 2.05) is 24.3 Å². The zero-order valence-electron chi connectivity index (χ0n) is 12.4. The van der Waals surface area contributed by atoms with Crippen LogP contribution in [-0.2, 0) is 9.53 Å². The Labute approximate surface area is 120 Å². The first-order valence-corrected chi connectivity index (χ1v) is 7.20. The molecule has 2 rings (SSSR count). The molecule has 0 saturated carbocycles. The highest BCUT2D eigenvalue weighted by Crippen LogP contribution is 2.42. The van der Waals surface area contributed by atoms with E-state index >= 15 is 0 Å². The second-order valence-electron chi connectivity index (χ2n) is 5.29. The minimum atomic E-state index is -0.195. The summed E-state index contributed by atoms with van der Waals surface area (Å²) < 4.78 is 11.1. The average molecular weight is 277 g/mol. The fourth-order valence-electron chi connectivity index (χ4n) is 2.80. The van der Waals surface area contributed by atoms with Gasteiger partial charge in [0.05, 0.1) is 6.04 Å². The lowest BCUT2D eigenvalue weighted by Crippen LogP contribution is -2.45. The van der Waals surface area contributed by atoms with E-state index in [9.17, 15) is 4.79 Å². The maximum Gasteiger partial charge on any atom is 0.246 e. The standard InChI is InChI=1S/C16H23NO3/c1-4-16(5-2)10-13(17-15(18)11-19-3)12-8-6-7-9-14(12)20-16/h6-9,13H,4-5,10-11H2,1-3H3,(H,17,18). The van der Waals surface area contributed by atoms with Crippen LogP contribution in [0.2, 0.25) is 0 Å². The molecule has 1 N–H and O–H groups in total. The van der Waals surface area contributed by atoms with E-state index in [1.165, 1.54) is 7.11 Å². The van der Waals surface area contributed by atoms with Gasteiger partial charge in [0.15, 0.2) is 0 Å². The van der Waals surface area contributed by atoms with Crippen LogP contribution in [0.3, 0.4) is 0 Å². The monoisotopic (exact) mass is 277 g/mol. The Morgan fingerprint density at radius 3 is 2.75 bits per heavy atom. The Hall–Kier alpha value is -1.55. The van der Waals surface area contributed by atoms with Gasteiger partial charge in [-0.15, -0.1) is 0 Å². The predicted octanol–water partition coefficient (Wildman–Crippen LogP) is 2.83. The molecule has 1 unspecified atom stereocenters. The van der Waals surface area contributed by atoms with Crippen LogP contribution in [0.25, 0.3) is 0 Å². The molecule has 110 valence electrons. The lowest BCUT2D eigenvalue weighted by atomic mass is 9.83. The second kappa shape index (κ2) is 6.27. The van der Waals surface area contributed by atoms with Gasteiger partial charge in [-0.3, -0.25) is 4.79 Å². The summed E-state index contributed by atoms with van der Waals surface area (Å²) in [4.78, 5) is 11.8. The molecule has 1 aromatic carbocycles. The number of para-hydroxylation sites is 1. The minimum absolute atomic E-state index is 0.0116. The number of carbonyl (C=O) groups excluding carboxylic acids is 1. The molecule has 1 heterocycles.